The molecular formula is C11H11N3O. The summed E-state index contributed by atoms with van der Waals surface area (Å²) in [4.78, 5) is 8.09. The van der Waals surface area contributed by atoms with Gasteiger partial charge in [-0.05, 0) is 19.1 Å². The zero-order chi connectivity index (χ0) is 10.7. The average Bonchev–Trinajstić information content (AvgIpc) is 2.17. The Bertz CT molecular complexity index is 436. The van der Waals surface area contributed by atoms with Gasteiger partial charge in [0.05, 0.1) is 0 Å². The van der Waals surface area contributed by atoms with Crippen LogP contribution in [0.15, 0.2) is 36.4 Å². The van der Waals surface area contributed by atoms with Crippen LogP contribution in [0.3, 0.4) is 0 Å². The van der Waals surface area contributed by atoms with Gasteiger partial charge < -0.3 is 10.5 Å². The zero-order valence-electron chi connectivity index (χ0n) is 8.34. The van der Waals surface area contributed by atoms with Gasteiger partial charge >= 0.3 is 6.01 Å². The van der Waals surface area contributed by atoms with E-state index in [9.17, 15) is 0 Å². The molecule has 1 aromatic carbocycles. The first kappa shape index (κ1) is 9.45. The summed E-state index contributed by atoms with van der Waals surface area (Å²) in [6, 6.07) is 11.3. The Morgan fingerprint density at radius 1 is 1.13 bits per heavy atom. The first-order valence-electron chi connectivity index (χ1n) is 4.58. The molecule has 0 saturated heterocycles. The Labute approximate surface area is 87.7 Å². The number of hydrogen-bond donors (Lipinski definition) is 1. The Kier molecular flexibility index (Phi) is 2.49. The number of para-hydroxylation sites is 1. The molecule has 4 heteroatoms. The highest BCUT2D eigenvalue weighted by molar-refractivity contribution is 5.32. The third kappa shape index (κ3) is 2.43. The Balaban J connectivity index is 2.25. The van der Waals surface area contributed by atoms with Crippen LogP contribution in [0.2, 0.25) is 0 Å². The predicted octanol–water partition coefficient (Wildman–Crippen LogP) is 2.16. The molecule has 0 saturated carbocycles. The SMILES string of the molecule is Cc1cc(N)nc(Oc2ccccc2)n1. The van der Waals surface area contributed by atoms with Gasteiger partial charge in [0.1, 0.15) is 11.6 Å². The molecule has 0 fully saturated rings. The number of aryl methyl sites for hydroxylation is 1. The van der Waals surface area contributed by atoms with Crippen molar-refractivity contribution in [2.45, 2.75) is 6.92 Å². The molecule has 0 atom stereocenters. The summed E-state index contributed by atoms with van der Waals surface area (Å²) >= 11 is 0. The largest absolute Gasteiger partial charge is 0.424 e. The van der Waals surface area contributed by atoms with Crippen molar-refractivity contribution in [3.63, 3.8) is 0 Å². The lowest BCUT2D eigenvalue weighted by Gasteiger charge is -2.04. The molecule has 0 spiro atoms. The summed E-state index contributed by atoms with van der Waals surface area (Å²) in [5, 5.41) is 0. The minimum Gasteiger partial charge on any atom is -0.424 e. The minimum atomic E-state index is 0.277. The highest BCUT2D eigenvalue weighted by Gasteiger charge is 2.01. The van der Waals surface area contributed by atoms with Gasteiger partial charge in [-0.25, -0.2) is 4.98 Å². The van der Waals surface area contributed by atoms with E-state index in [-0.39, 0.29) is 6.01 Å². The molecule has 2 aromatic rings. The van der Waals surface area contributed by atoms with Crippen LogP contribution in [0.25, 0.3) is 0 Å². The maximum absolute atomic E-state index is 5.58. The van der Waals surface area contributed by atoms with Crippen LogP contribution in [0.1, 0.15) is 5.69 Å². The highest BCUT2D eigenvalue weighted by atomic mass is 16.5. The van der Waals surface area contributed by atoms with E-state index in [0.717, 1.165) is 5.69 Å². The van der Waals surface area contributed by atoms with Gasteiger partial charge in [-0.3, -0.25) is 0 Å². The van der Waals surface area contributed by atoms with Crippen molar-refractivity contribution >= 4 is 5.82 Å². The zero-order valence-corrected chi connectivity index (χ0v) is 8.34. The highest BCUT2D eigenvalue weighted by Crippen LogP contribution is 2.17. The molecule has 2 N–H and O–H groups in total. The van der Waals surface area contributed by atoms with E-state index in [1.54, 1.807) is 6.07 Å². The van der Waals surface area contributed by atoms with Crippen molar-refractivity contribution in [3.8, 4) is 11.8 Å². The summed E-state index contributed by atoms with van der Waals surface area (Å²) in [5.74, 6) is 1.11. The summed E-state index contributed by atoms with van der Waals surface area (Å²) < 4.78 is 5.44. The molecule has 1 heterocycles. The van der Waals surface area contributed by atoms with E-state index in [1.807, 2.05) is 37.3 Å². The number of nitrogen functional groups attached to an aromatic ring is 1. The molecule has 76 valence electrons. The van der Waals surface area contributed by atoms with E-state index in [0.29, 0.717) is 11.6 Å². The van der Waals surface area contributed by atoms with Crippen LogP contribution >= 0.6 is 0 Å². The fraction of sp³-hybridized carbons (Fsp3) is 0.0909. The van der Waals surface area contributed by atoms with Crippen molar-refractivity contribution in [1.29, 1.82) is 0 Å². The third-order valence-electron chi connectivity index (χ3n) is 1.81. The summed E-state index contributed by atoms with van der Waals surface area (Å²) in [7, 11) is 0. The van der Waals surface area contributed by atoms with Gasteiger partial charge in [-0.2, -0.15) is 4.98 Å². The molecule has 0 unspecified atom stereocenters. The second-order valence-corrected chi connectivity index (χ2v) is 3.13. The van der Waals surface area contributed by atoms with E-state index in [4.69, 9.17) is 10.5 Å². The van der Waals surface area contributed by atoms with Gasteiger partial charge in [-0.1, -0.05) is 18.2 Å². The summed E-state index contributed by atoms with van der Waals surface area (Å²) in [5.41, 5.74) is 6.37. The molecule has 15 heavy (non-hydrogen) atoms. The van der Waals surface area contributed by atoms with Crippen LogP contribution in [0.4, 0.5) is 5.82 Å². The van der Waals surface area contributed by atoms with Crippen LogP contribution in [0, 0.1) is 6.92 Å². The lowest BCUT2D eigenvalue weighted by Crippen LogP contribution is -1.98. The van der Waals surface area contributed by atoms with E-state index in [1.165, 1.54) is 0 Å². The first-order chi connectivity index (χ1) is 7.24. The van der Waals surface area contributed by atoms with E-state index in [2.05, 4.69) is 9.97 Å². The van der Waals surface area contributed by atoms with Crippen molar-refractivity contribution in [2.75, 3.05) is 5.73 Å². The topological polar surface area (TPSA) is 61.0 Å². The molecule has 1 aromatic heterocycles. The second-order valence-electron chi connectivity index (χ2n) is 3.13. The van der Waals surface area contributed by atoms with Gasteiger partial charge in [0, 0.05) is 11.8 Å². The number of nitrogens with two attached hydrogens (primary N) is 1. The number of rotatable bonds is 2. The number of benzene rings is 1. The van der Waals surface area contributed by atoms with Crippen LogP contribution in [0.5, 0.6) is 11.8 Å². The monoisotopic (exact) mass is 201 g/mol. The summed E-state index contributed by atoms with van der Waals surface area (Å²) in [6.07, 6.45) is 0. The van der Waals surface area contributed by atoms with Gasteiger partial charge in [0.15, 0.2) is 0 Å². The quantitative estimate of drug-likeness (QED) is 0.808. The lowest BCUT2D eigenvalue weighted by atomic mass is 10.3. The molecular weight excluding hydrogens is 190 g/mol. The molecule has 0 aliphatic rings. The second kappa shape index (κ2) is 3.96. The maximum atomic E-state index is 5.58. The van der Waals surface area contributed by atoms with Crippen LogP contribution < -0.4 is 10.5 Å². The van der Waals surface area contributed by atoms with Crippen molar-refractivity contribution in [2.24, 2.45) is 0 Å². The smallest absolute Gasteiger partial charge is 0.324 e. The van der Waals surface area contributed by atoms with Crippen molar-refractivity contribution in [1.82, 2.24) is 9.97 Å². The van der Waals surface area contributed by atoms with Crippen molar-refractivity contribution in [3.05, 3.63) is 42.1 Å². The number of hydrogen-bond acceptors (Lipinski definition) is 4. The molecule has 0 amide bonds. The molecule has 0 radical (unpaired) electrons. The molecule has 0 bridgehead atoms. The lowest BCUT2D eigenvalue weighted by molar-refractivity contribution is 0.441. The van der Waals surface area contributed by atoms with Gasteiger partial charge in [0.25, 0.3) is 0 Å². The fourth-order valence-electron chi connectivity index (χ4n) is 1.20. The van der Waals surface area contributed by atoms with Crippen molar-refractivity contribution < 1.29 is 4.74 Å². The summed E-state index contributed by atoms with van der Waals surface area (Å²) in [6.45, 7) is 1.84. The predicted molar refractivity (Wildman–Crippen MR) is 57.7 cm³/mol. The number of anilines is 1. The van der Waals surface area contributed by atoms with Crippen LogP contribution in [-0.4, -0.2) is 9.97 Å². The molecule has 2 rings (SSSR count). The third-order valence-corrected chi connectivity index (χ3v) is 1.81. The maximum Gasteiger partial charge on any atom is 0.324 e. The fourth-order valence-corrected chi connectivity index (χ4v) is 1.20. The first-order valence-corrected chi connectivity index (χ1v) is 4.58. The minimum absolute atomic E-state index is 0.277. The number of aromatic nitrogens is 2. The molecule has 0 aliphatic carbocycles. The average molecular weight is 201 g/mol. The van der Waals surface area contributed by atoms with Gasteiger partial charge in [-0.15, -0.1) is 0 Å². The van der Waals surface area contributed by atoms with E-state index < -0.39 is 0 Å². The molecule has 0 aliphatic heterocycles. The normalized spacial score (nSPS) is 9.93. The Morgan fingerprint density at radius 2 is 1.87 bits per heavy atom. The number of ether oxygens (including phenoxy) is 1. The molecule has 4 nitrogen and oxygen atoms in total. The Morgan fingerprint density at radius 3 is 2.53 bits per heavy atom. The number of nitrogens with zero attached hydrogens (tertiary/aromatic N) is 2. The standard InChI is InChI=1S/C11H11N3O/c1-8-7-10(12)14-11(13-8)15-9-5-3-2-4-6-9/h2-7H,1H3,(H2,12,13,14). The Hall–Kier alpha value is -2.10. The van der Waals surface area contributed by atoms with Crippen LogP contribution in [-0.2, 0) is 0 Å². The van der Waals surface area contributed by atoms with E-state index >= 15 is 0 Å². The van der Waals surface area contributed by atoms with Gasteiger partial charge in [0.2, 0.25) is 0 Å².